The second-order valence-electron chi connectivity index (χ2n) is 6.21. The zero-order valence-corrected chi connectivity index (χ0v) is 13.2. The van der Waals surface area contributed by atoms with Crippen LogP contribution in [0.5, 0.6) is 0 Å². The zero-order valence-electron chi connectivity index (χ0n) is 13.2. The van der Waals surface area contributed by atoms with E-state index in [-0.39, 0.29) is 0 Å². The van der Waals surface area contributed by atoms with Crippen molar-refractivity contribution in [3.8, 4) is 6.07 Å². The van der Waals surface area contributed by atoms with Gasteiger partial charge in [0, 0.05) is 11.6 Å². The van der Waals surface area contributed by atoms with Crippen molar-refractivity contribution in [3.05, 3.63) is 36.2 Å². The first-order valence-electron chi connectivity index (χ1n) is 8.11. The molecule has 3 aromatic heterocycles. The van der Waals surface area contributed by atoms with Crippen LogP contribution < -0.4 is 15.6 Å². The average Bonchev–Trinajstić information content (AvgIpc) is 3.15. The summed E-state index contributed by atoms with van der Waals surface area (Å²) in [5.41, 5.74) is 3.09. The van der Waals surface area contributed by atoms with Crippen molar-refractivity contribution in [2.24, 2.45) is 0 Å². The molecule has 122 valence electrons. The number of nitrogens with zero attached hydrogens (tertiary/aromatic N) is 3. The number of nitrogens with one attached hydrogen (secondary N) is 5. The Balaban J connectivity index is 1.57. The summed E-state index contributed by atoms with van der Waals surface area (Å²) in [6, 6.07) is 8.61. The van der Waals surface area contributed by atoms with Crippen LogP contribution in [0.25, 0.3) is 21.9 Å². The maximum Gasteiger partial charge on any atom is 0.351 e. The van der Waals surface area contributed by atoms with E-state index >= 15 is 0 Å². The first-order valence-corrected chi connectivity index (χ1v) is 8.11. The minimum absolute atomic E-state index is 0.456. The van der Waals surface area contributed by atoms with Gasteiger partial charge in [0.15, 0.2) is 0 Å². The molecule has 0 radical (unpaired) electrons. The third-order valence-corrected chi connectivity index (χ3v) is 4.33. The van der Waals surface area contributed by atoms with Gasteiger partial charge in [0.2, 0.25) is 11.5 Å². The fourth-order valence-electron chi connectivity index (χ4n) is 2.91. The number of nitriles is 1. The number of H-pyrrole nitrogens is 3. The van der Waals surface area contributed by atoms with Crippen molar-refractivity contribution in [2.45, 2.75) is 18.9 Å². The average molecular weight is 331 g/mol. The number of aromatic nitrogens is 5. The van der Waals surface area contributed by atoms with E-state index in [1.807, 2.05) is 18.2 Å². The van der Waals surface area contributed by atoms with Crippen molar-refractivity contribution < 1.29 is 4.98 Å². The Labute approximate surface area is 142 Å². The molecule has 0 unspecified atom stereocenters. The molecule has 25 heavy (non-hydrogen) atoms. The molecular weight excluding hydrogens is 316 g/mol. The normalized spacial score (nSPS) is 13.9. The van der Waals surface area contributed by atoms with Crippen molar-refractivity contribution in [2.75, 3.05) is 10.6 Å². The molecule has 1 aliphatic rings. The molecule has 0 aliphatic heterocycles. The molecule has 1 saturated carbocycles. The molecule has 3 heterocycles. The highest BCUT2D eigenvalue weighted by Crippen LogP contribution is 2.29. The predicted molar refractivity (Wildman–Crippen MR) is 93.4 cm³/mol. The van der Waals surface area contributed by atoms with E-state index in [9.17, 15) is 5.26 Å². The standard InChI is InChI=1S/C17H14N8/c18-6-10-7-19-15-14(10)16(21-11-3-4-11)24-17(23-15)22-12-2-1-9-8-20-25-13(9)5-12/h1-2,5,7-8,11H,3-4H2,(H,20,25)(H3,19,21,22,23,24)/p+1. The Morgan fingerprint density at radius 3 is 3.08 bits per heavy atom. The van der Waals surface area contributed by atoms with Crippen LogP contribution in [0.15, 0.2) is 30.6 Å². The van der Waals surface area contributed by atoms with E-state index in [0.29, 0.717) is 23.2 Å². The Morgan fingerprint density at radius 2 is 2.24 bits per heavy atom. The first kappa shape index (κ1) is 13.8. The molecule has 0 spiro atoms. The second-order valence-corrected chi connectivity index (χ2v) is 6.21. The van der Waals surface area contributed by atoms with E-state index < -0.39 is 0 Å². The van der Waals surface area contributed by atoms with Gasteiger partial charge < -0.3 is 10.3 Å². The van der Waals surface area contributed by atoms with Gasteiger partial charge >= 0.3 is 5.95 Å². The van der Waals surface area contributed by atoms with E-state index in [1.54, 1.807) is 12.4 Å². The largest absolute Gasteiger partial charge is 0.351 e. The number of aromatic amines is 3. The fourth-order valence-corrected chi connectivity index (χ4v) is 2.91. The Kier molecular flexibility index (Phi) is 2.87. The minimum Gasteiger partial charge on any atom is -0.334 e. The van der Waals surface area contributed by atoms with Gasteiger partial charge in [0.25, 0.3) is 0 Å². The summed E-state index contributed by atoms with van der Waals surface area (Å²) in [4.78, 5) is 10.9. The quantitative estimate of drug-likeness (QED) is 0.458. The van der Waals surface area contributed by atoms with Crippen LogP contribution in [-0.4, -0.2) is 26.2 Å². The summed E-state index contributed by atoms with van der Waals surface area (Å²) in [6.45, 7) is 0. The van der Waals surface area contributed by atoms with Crippen molar-refractivity contribution >= 4 is 39.4 Å². The van der Waals surface area contributed by atoms with E-state index in [4.69, 9.17) is 0 Å². The van der Waals surface area contributed by atoms with E-state index in [1.165, 1.54) is 0 Å². The van der Waals surface area contributed by atoms with Gasteiger partial charge in [-0.05, 0) is 31.0 Å². The molecule has 1 aromatic carbocycles. The molecule has 0 bridgehead atoms. The molecule has 1 aliphatic carbocycles. The molecule has 5 rings (SSSR count). The van der Waals surface area contributed by atoms with Crippen LogP contribution in [-0.2, 0) is 0 Å². The van der Waals surface area contributed by atoms with E-state index in [2.05, 4.69) is 41.9 Å². The summed E-state index contributed by atoms with van der Waals surface area (Å²) in [7, 11) is 0. The third kappa shape index (κ3) is 2.42. The van der Waals surface area contributed by atoms with Crippen LogP contribution in [0, 0.1) is 11.3 Å². The molecule has 8 nitrogen and oxygen atoms in total. The molecular formula is C17H15N8+. The number of hydrogen-bond donors (Lipinski definition) is 4. The summed E-state index contributed by atoms with van der Waals surface area (Å²) in [5, 5.41) is 24.9. The number of anilines is 3. The van der Waals surface area contributed by atoms with Crippen LogP contribution in [0.4, 0.5) is 17.5 Å². The lowest BCUT2D eigenvalue weighted by Gasteiger charge is -2.05. The van der Waals surface area contributed by atoms with Crippen LogP contribution in [0.3, 0.4) is 0 Å². The highest BCUT2D eigenvalue weighted by atomic mass is 15.2. The van der Waals surface area contributed by atoms with Gasteiger partial charge in [-0.15, -0.1) is 0 Å². The monoisotopic (exact) mass is 331 g/mol. The molecule has 1 fully saturated rings. The number of rotatable bonds is 4. The molecule has 4 aromatic rings. The maximum absolute atomic E-state index is 9.32. The molecule has 0 saturated heterocycles. The lowest BCUT2D eigenvalue weighted by atomic mass is 10.2. The lowest BCUT2D eigenvalue weighted by molar-refractivity contribution is -0.345. The number of benzene rings is 1. The zero-order chi connectivity index (χ0) is 16.8. The maximum atomic E-state index is 9.32. The molecule has 0 atom stereocenters. The molecule has 0 amide bonds. The summed E-state index contributed by atoms with van der Waals surface area (Å²) < 4.78 is 0. The molecule has 5 N–H and O–H groups in total. The topological polar surface area (TPSA) is 119 Å². The van der Waals surface area contributed by atoms with Gasteiger partial charge in [-0.3, -0.25) is 10.4 Å². The van der Waals surface area contributed by atoms with Crippen molar-refractivity contribution in [3.63, 3.8) is 0 Å². The van der Waals surface area contributed by atoms with Gasteiger partial charge in [-0.2, -0.15) is 10.4 Å². The van der Waals surface area contributed by atoms with Crippen molar-refractivity contribution in [1.29, 1.82) is 5.26 Å². The summed E-state index contributed by atoms with van der Waals surface area (Å²) in [5.74, 6) is 1.41. The summed E-state index contributed by atoms with van der Waals surface area (Å²) >= 11 is 0. The number of hydrogen-bond acceptors (Lipinski definition) is 5. The van der Waals surface area contributed by atoms with E-state index in [0.717, 1.165) is 40.6 Å². The van der Waals surface area contributed by atoms with Crippen LogP contribution >= 0.6 is 0 Å². The van der Waals surface area contributed by atoms with Crippen LogP contribution in [0.1, 0.15) is 18.4 Å². The number of fused-ring (bicyclic) bond motifs is 2. The van der Waals surface area contributed by atoms with Crippen LogP contribution in [0.2, 0.25) is 0 Å². The SMILES string of the molecule is N#Cc1c[nH]c2nc(Nc3ccc4cn[nH]c4c3)[nH+]c(NC3CC3)c12. The third-order valence-electron chi connectivity index (χ3n) is 4.33. The highest BCUT2D eigenvalue weighted by Gasteiger charge is 2.27. The van der Waals surface area contributed by atoms with Gasteiger partial charge in [-0.25, -0.2) is 4.98 Å². The second kappa shape index (κ2) is 5.21. The molecule has 8 heteroatoms. The Bertz CT molecular complexity index is 1130. The Morgan fingerprint density at radius 1 is 1.32 bits per heavy atom. The first-order chi connectivity index (χ1) is 12.3. The van der Waals surface area contributed by atoms with Crippen molar-refractivity contribution in [1.82, 2.24) is 20.2 Å². The van der Waals surface area contributed by atoms with Gasteiger partial charge in [0.05, 0.1) is 29.0 Å². The summed E-state index contributed by atoms with van der Waals surface area (Å²) in [6.07, 6.45) is 5.76. The highest BCUT2D eigenvalue weighted by molar-refractivity contribution is 5.92. The Hall–Kier alpha value is -3.60. The van der Waals surface area contributed by atoms with Gasteiger partial charge in [0.1, 0.15) is 11.5 Å². The van der Waals surface area contributed by atoms with Gasteiger partial charge in [-0.1, -0.05) is 4.98 Å². The minimum atomic E-state index is 0.456. The predicted octanol–water partition coefficient (Wildman–Crippen LogP) is 2.44. The smallest absolute Gasteiger partial charge is 0.334 e. The lowest BCUT2D eigenvalue weighted by Crippen LogP contribution is -2.20. The fraction of sp³-hybridized carbons (Fsp3) is 0.176.